The van der Waals surface area contributed by atoms with Crippen LogP contribution in [0.25, 0.3) is 6.08 Å². The number of likely N-dealkylation sites (tertiary alicyclic amines) is 1. The third-order valence-corrected chi connectivity index (χ3v) is 3.67. The van der Waals surface area contributed by atoms with Crippen molar-refractivity contribution in [3.05, 3.63) is 40.4 Å². The van der Waals surface area contributed by atoms with Crippen molar-refractivity contribution in [1.29, 1.82) is 0 Å². The number of piperidine rings is 1. The fraction of sp³-hybridized carbons (Fsp3) is 0.471. The van der Waals surface area contributed by atoms with Crippen molar-refractivity contribution in [2.45, 2.75) is 39.2 Å². The Hall–Kier alpha value is -1.48. The summed E-state index contributed by atoms with van der Waals surface area (Å²) in [5.74, 6) is 0. The van der Waals surface area contributed by atoms with Crippen molar-refractivity contribution >= 4 is 23.8 Å². The zero-order valence-corrected chi connectivity index (χ0v) is 13.6. The maximum atomic E-state index is 12.0. The molecule has 1 saturated heterocycles. The highest BCUT2D eigenvalue weighted by molar-refractivity contribution is 6.32. The lowest BCUT2D eigenvalue weighted by molar-refractivity contribution is 0.0237. The SMILES string of the molecule is CC(C)(C)OC(=O)N1CCC(=Cc2ccccc2Cl)CC1. The molecule has 0 spiro atoms. The number of carbonyl (C=O) groups excluding carboxylic acids is 1. The summed E-state index contributed by atoms with van der Waals surface area (Å²) in [6, 6.07) is 7.81. The van der Waals surface area contributed by atoms with Gasteiger partial charge in [-0.25, -0.2) is 4.79 Å². The summed E-state index contributed by atoms with van der Waals surface area (Å²) in [5, 5.41) is 0.763. The van der Waals surface area contributed by atoms with Crippen LogP contribution in [-0.2, 0) is 4.74 Å². The molecular formula is C17H22ClNO2. The van der Waals surface area contributed by atoms with Crippen LogP contribution in [0.15, 0.2) is 29.8 Å². The topological polar surface area (TPSA) is 29.5 Å². The molecule has 4 heteroatoms. The molecule has 0 unspecified atom stereocenters. The molecule has 1 aliphatic rings. The van der Waals surface area contributed by atoms with Gasteiger partial charge in [0.25, 0.3) is 0 Å². The second-order valence-corrected chi connectivity index (χ2v) is 6.70. The summed E-state index contributed by atoms with van der Waals surface area (Å²) in [6.45, 7) is 7.06. The predicted molar refractivity (Wildman–Crippen MR) is 86.5 cm³/mol. The molecule has 1 aliphatic heterocycles. The van der Waals surface area contributed by atoms with Gasteiger partial charge in [-0.15, -0.1) is 0 Å². The van der Waals surface area contributed by atoms with Gasteiger partial charge in [-0.3, -0.25) is 0 Å². The van der Waals surface area contributed by atoms with Crippen molar-refractivity contribution in [1.82, 2.24) is 4.90 Å². The summed E-state index contributed by atoms with van der Waals surface area (Å²) < 4.78 is 5.40. The minimum Gasteiger partial charge on any atom is -0.444 e. The van der Waals surface area contributed by atoms with E-state index in [1.165, 1.54) is 5.57 Å². The molecule has 1 amide bonds. The number of carbonyl (C=O) groups is 1. The molecular weight excluding hydrogens is 286 g/mol. The van der Waals surface area contributed by atoms with Crippen LogP contribution in [0.3, 0.4) is 0 Å². The number of hydrogen-bond donors (Lipinski definition) is 0. The van der Waals surface area contributed by atoms with Crippen LogP contribution in [0.2, 0.25) is 5.02 Å². The molecule has 1 aromatic carbocycles. The van der Waals surface area contributed by atoms with Gasteiger partial charge in [-0.2, -0.15) is 0 Å². The highest BCUT2D eigenvalue weighted by atomic mass is 35.5. The number of amides is 1. The molecule has 0 saturated carbocycles. The fourth-order valence-electron chi connectivity index (χ4n) is 2.26. The monoisotopic (exact) mass is 307 g/mol. The molecule has 114 valence electrons. The van der Waals surface area contributed by atoms with E-state index in [0.717, 1.165) is 23.4 Å². The second kappa shape index (κ2) is 6.52. The molecule has 0 bridgehead atoms. The van der Waals surface area contributed by atoms with Gasteiger partial charge in [0.05, 0.1) is 0 Å². The summed E-state index contributed by atoms with van der Waals surface area (Å²) in [6.07, 6.45) is 3.64. The minimum atomic E-state index is -0.440. The van der Waals surface area contributed by atoms with Crippen molar-refractivity contribution < 1.29 is 9.53 Å². The molecule has 1 fully saturated rings. The molecule has 1 aromatic rings. The lowest BCUT2D eigenvalue weighted by Crippen LogP contribution is -2.40. The number of benzene rings is 1. The Bertz CT molecular complexity index is 536. The standard InChI is InChI=1S/C17H22ClNO2/c1-17(2,3)21-16(20)19-10-8-13(9-11-19)12-14-6-4-5-7-15(14)18/h4-7,12H,8-11H2,1-3H3. The van der Waals surface area contributed by atoms with Gasteiger partial charge in [-0.1, -0.05) is 41.4 Å². The Morgan fingerprint density at radius 3 is 2.43 bits per heavy atom. The molecule has 0 atom stereocenters. The molecule has 0 aliphatic carbocycles. The third-order valence-electron chi connectivity index (χ3n) is 3.32. The van der Waals surface area contributed by atoms with Crippen LogP contribution in [0.1, 0.15) is 39.2 Å². The van der Waals surface area contributed by atoms with E-state index >= 15 is 0 Å². The van der Waals surface area contributed by atoms with Crippen LogP contribution in [0.4, 0.5) is 4.79 Å². The van der Waals surface area contributed by atoms with Crippen LogP contribution < -0.4 is 0 Å². The lowest BCUT2D eigenvalue weighted by Gasteiger charge is -2.31. The first-order valence-corrected chi connectivity index (χ1v) is 7.65. The van der Waals surface area contributed by atoms with Gasteiger partial charge in [0.15, 0.2) is 0 Å². The van der Waals surface area contributed by atoms with Crippen molar-refractivity contribution in [2.24, 2.45) is 0 Å². The smallest absolute Gasteiger partial charge is 0.410 e. The van der Waals surface area contributed by atoms with Crippen LogP contribution in [-0.4, -0.2) is 29.7 Å². The van der Waals surface area contributed by atoms with Gasteiger partial charge in [-0.05, 0) is 45.2 Å². The Balaban J connectivity index is 1.95. The zero-order chi connectivity index (χ0) is 15.5. The first-order valence-electron chi connectivity index (χ1n) is 7.27. The van der Waals surface area contributed by atoms with Gasteiger partial charge in [0.2, 0.25) is 0 Å². The Morgan fingerprint density at radius 1 is 1.24 bits per heavy atom. The predicted octanol–water partition coefficient (Wildman–Crippen LogP) is 4.75. The average molecular weight is 308 g/mol. The molecule has 0 N–H and O–H groups in total. The van der Waals surface area contributed by atoms with E-state index in [0.29, 0.717) is 13.1 Å². The van der Waals surface area contributed by atoms with E-state index in [4.69, 9.17) is 16.3 Å². The summed E-state index contributed by atoms with van der Waals surface area (Å²) in [4.78, 5) is 13.8. The molecule has 0 radical (unpaired) electrons. The Kier molecular flexibility index (Phi) is 4.94. The van der Waals surface area contributed by atoms with Gasteiger partial charge in [0, 0.05) is 18.1 Å². The first kappa shape index (κ1) is 15.9. The number of hydrogen-bond acceptors (Lipinski definition) is 2. The van der Waals surface area contributed by atoms with E-state index in [1.54, 1.807) is 4.90 Å². The molecule has 3 nitrogen and oxygen atoms in total. The normalized spacial score (nSPS) is 15.8. The third kappa shape index (κ3) is 4.78. The van der Waals surface area contributed by atoms with E-state index in [9.17, 15) is 4.79 Å². The fourth-order valence-corrected chi connectivity index (χ4v) is 2.45. The summed E-state index contributed by atoms with van der Waals surface area (Å²) in [5.41, 5.74) is 1.92. The Morgan fingerprint density at radius 2 is 1.86 bits per heavy atom. The number of halogens is 1. The van der Waals surface area contributed by atoms with Gasteiger partial charge >= 0.3 is 6.09 Å². The van der Waals surface area contributed by atoms with Crippen molar-refractivity contribution in [3.63, 3.8) is 0 Å². The second-order valence-electron chi connectivity index (χ2n) is 6.29. The van der Waals surface area contributed by atoms with Crippen molar-refractivity contribution in [3.8, 4) is 0 Å². The number of rotatable bonds is 1. The van der Waals surface area contributed by atoms with Gasteiger partial charge < -0.3 is 9.64 Å². The minimum absolute atomic E-state index is 0.223. The van der Waals surface area contributed by atoms with Gasteiger partial charge in [0.1, 0.15) is 5.60 Å². The molecule has 1 heterocycles. The maximum absolute atomic E-state index is 12.0. The molecule has 2 rings (SSSR count). The largest absolute Gasteiger partial charge is 0.444 e. The molecule has 0 aromatic heterocycles. The first-order chi connectivity index (χ1) is 9.85. The summed E-state index contributed by atoms with van der Waals surface area (Å²) in [7, 11) is 0. The van der Waals surface area contributed by atoms with E-state index in [1.807, 2.05) is 45.0 Å². The zero-order valence-electron chi connectivity index (χ0n) is 12.9. The number of nitrogens with zero attached hydrogens (tertiary/aromatic N) is 1. The van der Waals surface area contributed by atoms with E-state index < -0.39 is 5.60 Å². The quantitative estimate of drug-likeness (QED) is 0.749. The molecule has 21 heavy (non-hydrogen) atoms. The highest BCUT2D eigenvalue weighted by Gasteiger charge is 2.24. The lowest BCUT2D eigenvalue weighted by atomic mass is 10.0. The maximum Gasteiger partial charge on any atom is 0.410 e. The van der Waals surface area contributed by atoms with Crippen molar-refractivity contribution in [2.75, 3.05) is 13.1 Å². The van der Waals surface area contributed by atoms with Crippen LogP contribution in [0.5, 0.6) is 0 Å². The van der Waals surface area contributed by atoms with E-state index in [-0.39, 0.29) is 6.09 Å². The van der Waals surface area contributed by atoms with Crippen LogP contribution >= 0.6 is 11.6 Å². The summed E-state index contributed by atoms with van der Waals surface area (Å²) >= 11 is 6.17. The highest BCUT2D eigenvalue weighted by Crippen LogP contribution is 2.24. The van der Waals surface area contributed by atoms with Crippen LogP contribution in [0, 0.1) is 0 Å². The number of ether oxygens (including phenoxy) is 1. The Labute approximate surface area is 131 Å². The average Bonchev–Trinajstić information content (AvgIpc) is 2.40. The van der Waals surface area contributed by atoms with E-state index in [2.05, 4.69) is 6.08 Å².